The van der Waals surface area contributed by atoms with Gasteiger partial charge in [0.05, 0.1) is 17.3 Å². The van der Waals surface area contributed by atoms with Crippen LogP contribution in [0, 0.1) is 13.8 Å². The van der Waals surface area contributed by atoms with Crippen molar-refractivity contribution in [3.8, 4) is 0 Å². The van der Waals surface area contributed by atoms with Crippen LogP contribution in [0.3, 0.4) is 0 Å². The minimum absolute atomic E-state index is 0.0683. The Morgan fingerprint density at radius 2 is 1.77 bits per heavy atom. The van der Waals surface area contributed by atoms with E-state index in [4.69, 9.17) is 23.2 Å². The SMILES string of the molecule is Cc1c(C(=O)CN2CCCC2)c(C)n(C)c1C(=O)c1ccc(Cl)cc1Cl. The van der Waals surface area contributed by atoms with Crippen LogP contribution in [-0.2, 0) is 7.05 Å². The number of hydrogen-bond acceptors (Lipinski definition) is 3. The van der Waals surface area contributed by atoms with Gasteiger partial charge in [0.15, 0.2) is 5.78 Å². The maximum Gasteiger partial charge on any atom is 0.211 e. The second kappa shape index (κ2) is 7.55. The average molecular weight is 393 g/mol. The molecule has 0 spiro atoms. The van der Waals surface area contributed by atoms with Crippen LogP contribution in [0.2, 0.25) is 10.0 Å². The van der Waals surface area contributed by atoms with Crippen molar-refractivity contribution in [2.24, 2.45) is 7.05 Å². The Morgan fingerprint density at radius 3 is 2.38 bits per heavy atom. The highest BCUT2D eigenvalue weighted by molar-refractivity contribution is 6.37. The molecule has 4 nitrogen and oxygen atoms in total. The van der Waals surface area contributed by atoms with Gasteiger partial charge >= 0.3 is 0 Å². The fourth-order valence-corrected chi connectivity index (χ4v) is 4.23. The van der Waals surface area contributed by atoms with Crippen molar-refractivity contribution in [3.63, 3.8) is 0 Å². The van der Waals surface area contributed by atoms with Gasteiger partial charge in [-0.1, -0.05) is 23.2 Å². The fraction of sp³-hybridized carbons (Fsp3) is 0.400. The van der Waals surface area contributed by atoms with E-state index in [1.165, 1.54) is 0 Å². The Labute approximate surface area is 163 Å². The standard InChI is InChI=1S/C20H22Cl2N2O2/c1-12-18(17(25)11-24-8-4-5-9-24)13(2)23(3)19(12)20(26)15-7-6-14(21)10-16(15)22/h6-7,10H,4-5,8-9,11H2,1-3H3. The Bertz CT molecular complexity index is 880. The van der Waals surface area contributed by atoms with E-state index in [9.17, 15) is 9.59 Å². The summed E-state index contributed by atoms with van der Waals surface area (Å²) in [5, 5.41) is 0.790. The Hall–Kier alpha value is -1.62. The minimum Gasteiger partial charge on any atom is -0.344 e. The number of ketones is 2. The van der Waals surface area contributed by atoms with E-state index in [0.717, 1.165) is 31.6 Å². The molecule has 1 aliphatic rings. The molecule has 0 atom stereocenters. The molecule has 0 N–H and O–H groups in total. The first-order valence-corrected chi connectivity index (χ1v) is 9.48. The molecule has 0 unspecified atom stereocenters. The number of likely N-dealkylation sites (tertiary alicyclic amines) is 1. The molecule has 0 aliphatic carbocycles. The molecule has 26 heavy (non-hydrogen) atoms. The third-order valence-corrected chi connectivity index (χ3v) is 5.71. The van der Waals surface area contributed by atoms with Gasteiger partial charge in [0.25, 0.3) is 0 Å². The molecule has 0 saturated carbocycles. The van der Waals surface area contributed by atoms with Crippen LogP contribution in [0.4, 0.5) is 0 Å². The van der Waals surface area contributed by atoms with Crippen molar-refractivity contribution in [1.82, 2.24) is 9.47 Å². The van der Waals surface area contributed by atoms with Crippen LogP contribution in [0.15, 0.2) is 18.2 Å². The van der Waals surface area contributed by atoms with E-state index >= 15 is 0 Å². The van der Waals surface area contributed by atoms with E-state index in [1.807, 2.05) is 20.9 Å². The molecule has 1 aromatic heterocycles. The lowest BCUT2D eigenvalue weighted by atomic mass is 10.0. The van der Waals surface area contributed by atoms with Gasteiger partial charge in [0.2, 0.25) is 5.78 Å². The molecular weight excluding hydrogens is 371 g/mol. The van der Waals surface area contributed by atoms with Crippen molar-refractivity contribution in [2.75, 3.05) is 19.6 Å². The highest BCUT2D eigenvalue weighted by atomic mass is 35.5. The second-order valence-corrected chi connectivity index (χ2v) is 7.70. The molecule has 138 valence electrons. The normalized spacial score (nSPS) is 14.8. The lowest BCUT2D eigenvalue weighted by Gasteiger charge is -2.13. The zero-order valence-electron chi connectivity index (χ0n) is 15.2. The van der Waals surface area contributed by atoms with Crippen molar-refractivity contribution in [1.29, 1.82) is 0 Å². The van der Waals surface area contributed by atoms with Gasteiger partial charge in [-0.3, -0.25) is 14.5 Å². The van der Waals surface area contributed by atoms with Gasteiger partial charge in [-0.05, 0) is 63.5 Å². The van der Waals surface area contributed by atoms with E-state index in [0.29, 0.717) is 39.0 Å². The topological polar surface area (TPSA) is 42.3 Å². The third kappa shape index (κ3) is 3.46. The lowest BCUT2D eigenvalue weighted by molar-refractivity contribution is 0.0944. The summed E-state index contributed by atoms with van der Waals surface area (Å²) in [6.07, 6.45) is 2.28. The summed E-state index contributed by atoms with van der Waals surface area (Å²) in [5.74, 6) is -0.131. The van der Waals surface area contributed by atoms with Crippen LogP contribution < -0.4 is 0 Å². The number of aromatic nitrogens is 1. The quantitative estimate of drug-likeness (QED) is 0.705. The monoisotopic (exact) mass is 392 g/mol. The predicted octanol–water partition coefficient (Wildman–Crippen LogP) is 4.46. The number of carbonyl (C=O) groups excluding carboxylic acids is 2. The van der Waals surface area contributed by atoms with Gasteiger partial charge in [0, 0.05) is 28.9 Å². The maximum absolute atomic E-state index is 13.1. The Kier molecular flexibility index (Phi) is 5.56. The number of rotatable bonds is 5. The van der Waals surface area contributed by atoms with Gasteiger partial charge in [-0.15, -0.1) is 0 Å². The third-order valence-electron chi connectivity index (χ3n) is 5.17. The highest BCUT2D eigenvalue weighted by Crippen LogP contribution is 2.28. The van der Waals surface area contributed by atoms with Gasteiger partial charge in [-0.2, -0.15) is 0 Å². The number of nitrogens with zero attached hydrogens (tertiary/aromatic N) is 2. The van der Waals surface area contributed by atoms with E-state index in [-0.39, 0.29) is 11.6 Å². The predicted molar refractivity (Wildman–Crippen MR) is 105 cm³/mol. The molecule has 1 saturated heterocycles. The maximum atomic E-state index is 13.1. The van der Waals surface area contributed by atoms with Crippen LogP contribution in [0.5, 0.6) is 0 Å². The van der Waals surface area contributed by atoms with Crippen LogP contribution in [-0.4, -0.2) is 40.7 Å². The summed E-state index contributed by atoms with van der Waals surface area (Å²) >= 11 is 12.1. The second-order valence-electron chi connectivity index (χ2n) is 6.85. The van der Waals surface area contributed by atoms with Crippen LogP contribution in [0.25, 0.3) is 0 Å². The smallest absolute Gasteiger partial charge is 0.211 e. The van der Waals surface area contributed by atoms with Crippen molar-refractivity contribution >= 4 is 34.8 Å². The molecule has 1 aromatic carbocycles. The molecule has 6 heteroatoms. The van der Waals surface area contributed by atoms with Crippen molar-refractivity contribution in [2.45, 2.75) is 26.7 Å². The molecule has 3 rings (SSSR count). The van der Waals surface area contributed by atoms with Gasteiger partial charge < -0.3 is 4.57 Å². The van der Waals surface area contributed by atoms with E-state index < -0.39 is 0 Å². The molecular formula is C20H22Cl2N2O2. The summed E-state index contributed by atoms with van der Waals surface area (Å²) in [6.45, 7) is 6.04. The largest absolute Gasteiger partial charge is 0.344 e. The first-order chi connectivity index (χ1) is 12.3. The van der Waals surface area contributed by atoms with Crippen molar-refractivity contribution in [3.05, 3.63) is 56.3 Å². The Balaban J connectivity index is 1.98. The van der Waals surface area contributed by atoms with Crippen molar-refractivity contribution < 1.29 is 9.59 Å². The summed E-state index contributed by atoms with van der Waals surface area (Å²) in [5.41, 5.74) is 3.05. The van der Waals surface area contributed by atoms with Crippen LogP contribution >= 0.6 is 23.2 Å². The molecule has 2 heterocycles. The average Bonchev–Trinajstić information content (AvgIpc) is 3.14. The first kappa shape index (κ1) is 19.2. The van der Waals surface area contributed by atoms with Gasteiger partial charge in [-0.25, -0.2) is 0 Å². The highest BCUT2D eigenvalue weighted by Gasteiger charge is 2.27. The number of carbonyl (C=O) groups is 2. The van der Waals surface area contributed by atoms with E-state index in [1.54, 1.807) is 22.8 Å². The zero-order valence-corrected chi connectivity index (χ0v) is 16.7. The zero-order chi connectivity index (χ0) is 19.0. The molecule has 1 fully saturated rings. The summed E-state index contributed by atoms with van der Waals surface area (Å²) in [7, 11) is 1.81. The minimum atomic E-state index is -0.199. The molecule has 0 bridgehead atoms. The first-order valence-electron chi connectivity index (χ1n) is 8.72. The molecule has 1 aliphatic heterocycles. The number of hydrogen-bond donors (Lipinski definition) is 0. The van der Waals surface area contributed by atoms with Gasteiger partial charge in [0.1, 0.15) is 0 Å². The summed E-state index contributed by atoms with van der Waals surface area (Å²) in [6, 6.07) is 4.83. The summed E-state index contributed by atoms with van der Waals surface area (Å²) < 4.78 is 1.79. The molecule has 0 radical (unpaired) electrons. The fourth-order valence-electron chi connectivity index (χ4n) is 3.73. The molecule has 2 aromatic rings. The molecule has 0 amide bonds. The Morgan fingerprint density at radius 1 is 1.12 bits per heavy atom. The van der Waals surface area contributed by atoms with E-state index in [2.05, 4.69) is 4.90 Å². The number of Topliss-reactive ketones (excluding diaryl/α,β-unsaturated/α-hetero) is 1. The summed E-state index contributed by atoms with van der Waals surface area (Å²) in [4.78, 5) is 28.1. The van der Waals surface area contributed by atoms with Crippen LogP contribution in [0.1, 0.15) is 50.5 Å². The number of benzene rings is 1. The lowest BCUT2D eigenvalue weighted by Crippen LogP contribution is -2.27. The number of halogens is 2.